The molecule has 0 bridgehead atoms. The molecule has 1 amide bonds. The van der Waals surface area contributed by atoms with Gasteiger partial charge in [0.2, 0.25) is 11.7 Å². The van der Waals surface area contributed by atoms with Crippen molar-refractivity contribution in [1.82, 2.24) is 4.90 Å². The monoisotopic (exact) mass is 527 g/mol. The number of hydrogen-bond acceptors (Lipinski definition) is 5. The number of amides is 1. The number of ether oxygens (including phenoxy) is 3. The molecule has 0 saturated carbocycles. The molecule has 1 heterocycles. The Hall–Kier alpha value is -2.51. The number of carbonyl (C=O) groups excluding carboxylic acids is 1. The van der Waals surface area contributed by atoms with Crippen molar-refractivity contribution < 1.29 is 23.4 Å². The number of rotatable bonds is 12. The molecule has 0 aromatic heterocycles. The van der Waals surface area contributed by atoms with E-state index in [1.54, 1.807) is 21.3 Å². The second-order valence-corrected chi connectivity index (χ2v) is 16.5. The Morgan fingerprint density at radius 3 is 2.11 bits per heavy atom. The zero-order valence-electron chi connectivity index (χ0n) is 24.0. The van der Waals surface area contributed by atoms with Crippen LogP contribution in [0.25, 0.3) is 0 Å². The van der Waals surface area contributed by atoms with Gasteiger partial charge in [0.15, 0.2) is 19.8 Å². The molecule has 2 aromatic carbocycles. The van der Waals surface area contributed by atoms with Crippen LogP contribution >= 0.6 is 0 Å². The maximum Gasteiger partial charge on any atom is 0.229 e. The van der Waals surface area contributed by atoms with Gasteiger partial charge in [0.25, 0.3) is 0 Å². The van der Waals surface area contributed by atoms with Crippen LogP contribution < -0.4 is 14.2 Å². The summed E-state index contributed by atoms with van der Waals surface area (Å²) in [4.78, 5) is 16.0. The van der Waals surface area contributed by atoms with Crippen molar-refractivity contribution in [3.63, 3.8) is 0 Å². The lowest BCUT2D eigenvalue weighted by Crippen LogP contribution is -2.41. The van der Waals surface area contributed by atoms with Gasteiger partial charge < -0.3 is 23.5 Å². The van der Waals surface area contributed by atoms with E-state index in [0.717, 1.165) is 37.8 Å². The third kappa shape index (κ3) is 6.68. The fourth-order valence-corrected chi connectivity index (χ4v) is 6.00. The highest BCUT2D eigenvalue weighted by atomic mass is 28.4. The Kier molecular flexibility index (Phi) is 9.35. The fraction of sp³-hybridized carbons (Fsp3) is 0.567. The number of hydrogen-bond donors (Lipinski definition) is 0. The Morgan fingerprint density at radius 2 is 1.57 bits per heavy atom. The van der Waals surface area contributed by atoms with Crippen LogP contribution in [-0.2, 0) is 22.2 Å². The first-order chi connectivity index (χ1) is 17.5. The van der Waals surface area contributed by atoms with E-state index in [9.17, 15) is 4.79 Å². The molecule has 0 radical (unpaired) electrons. The summed E-state index contributed by atoms with van der Waals surface area (Å²) in [6.07, 6.45) is 3.29. The third-order valence-corrected chi connectivity index (χ3v) is 12.7. The number of nitrogens with zero attached hydrogens (tertiary/aromatic N) is 1. The van der Waals surface area contributed by atoms with Crippen LogP contribution in [0.3, 0.4) is 0 Å². The van der Waals surface area contributed by atoms with Crippen LogP contribution in [0.4, 0.5) is 0 Å². The molecule has 1 aliphatic rings. The van der Waals surface area contributed by atoms with Crippen LogP contribution in [0.5, 0.6) is 17.2 Å². The van der Waals surface area contributed by atoms with E-state index in [0.29, 0.717) is 30.4 Å². The van der Waals surface area contributed by atoms with E-state index in [1.807, 2.05) is 23.1 Å². The van der Waals surface area contributed by atoms with Gasteiger partial charge in [-0.3, -0.25) is 4.79 Å². The average molecular weight is 528 g/mol. The van der Waals surface area contributed by atoms with Crippen molar-refractivity contribution >= 4 is 14.2 Å². The van der Waals surface area contributed by atoms with Gasteiger partial charge >= 0.3 is 0 Å². The van der Waals surface area contributed by atoms with Gasteiger partial charge in [0.1, 0.15) is 0 Å². The van der Waals surface area contributed by atoms with E-state index in [1.165, 1.54) is 5.56 Å². The number of benzene rings is 2. The first kappa shape index (κ1) is 29.0. The number of carbonyl (C=O) groups is 1. The molecule has 0 spiro atoms. The highest BCUT2D eigenvalue weighted by Crippen LogP contribution is 2.43. The Morgan fingerprint density at radius 1 is 0.946 bits per heavy atom. The van der Waals surface area contributed by atoms with Crippen molar-refractivity contribution in [2.24, 2.45) is 5.41 Å². The van der Waals surface area contributed by atoms with Crippen LogP contribution in [0.1, 0.15) is 51.2 Å². The van der Waals surface area contributed by atoms with Crippen molar-refractivity contribution in [3.05, 3.63) is 53.6 Å². The molecule has 1 aliphatic heterocycles. The topological polar surface area (TPSA) is 57.2 Å². The number of likely N-dealkylation sites (tertiary alicyclic amines) is 1. The van der Waals surface area contributed by atoms with Crippen LogP contribution in [-0.4, -0.2) is 53.6 Å². The predicted molar refractivity (Wildman–Crippen MR) is 151 cm³/mol. The lowest BCUT2D eigenvalue weighted by atomic mass is 9.76. The summed E-state index contributed by atoms with van der Waals surface area (Å²) in [7, 11) is 3.00. The largest absolute Gasteiger partial charge is 0.493 e. The summed E-state index contributed by atoms with van der Waals surface area (Å²) in [5, 5.41) is 0.176. The molecular weight excluding hydrogens is 482 g/mol. The molecule has 0 N–H and O–H groups in total. The molecule has 3 rings (SSSR count). The van der Waals surface area contributed by atoms with Crippen LogP contribution in [0.2, 0.25) is 18.1 Å². The molecule has 6 nitrogen and oxygen atoms in total. The van der Waals surface area contributed by atoms with Gasteiger partial charge in [0.05, 0.1) is 26.7 Å². The van der Waals surface area contributed by atoms with E-state index < -0.39 is 13.7 Å². The quantitative estimate of drug-likeness (QED) is 0.234. The zero-order chi connectivity index (χ0) is 27.3. The van der Waals surface area contributed by atoms with Gasteiger partial charge in [-0.25, -0.2) is 0 Å². The Labute approximate surface area is 224 Å². The van der Waals surface area contributed by atoms with Gasteiger partial charge in [-0.15, -0.1) is 0 Å². The van der Waals surface area contributed by atoms with Crippen molar-refractivity contribution in [2.75, 3.05) is 34.5 Å². The molecule has 1 unspecified atom stereocenters. The Bertz CT molecular complexity index is 1020. The summed E-state index contributed by atoms with van der Waals surface area (Å²) < 4.78 is 23.0. The number of methoxy groups -OCH3 is 3. The van der Waals surface area contributed by atoms with E-state index in [-0.39, 0.29) is 10.9 Å². The molecular formula is C30H45NO5Si. The fourth-order valence-electron chi connectivity index (χ4n) is 4.92. The highest BCUT2D eigenvalue weighted by molar-refractivity contribution is 6.74. The van der Waals surface area contributed by atoms with Gasteiger partial charge in [0, 0.05) is 19.7 Å². The van der Waals surface area contributed by atoms with Gasteiger partial charge in [-0.2, -0.15) is 0 Å². The normalized spacial score (nSPS) is 18.3. The molecule has 0 aliphatic carbocycles. The second-order valence-electron chi connectivity index (χ2n) is 11.7. The minimum Gasteiger partial charge on any atom is -0.493 e. The van der Waals surface area contributed by atoms with E-state index in [2.05, 4.69) is 58.1 Å². The smallest absolute Gasteiger partial charge is 0.229 e. The summed E-state index contributed by atoms with van der Waals surface area (Å²) in [5.41, 5.74) is 1.74. The third-order valence-electron chi connectivity index (χ3n) is 8.15. The maximum absolute atomic E-state index is 14.0. The van der Waals surface area contributed by atoms with Crippen LogP contribution in [0, 0.1) is 5.41 Å². The first-order valence-corrected chi connectivity index (χ1v) is 16.1. The van der Waals surface area contributed by atoms with E-state index in [4.69, 9.17) is 18.6 Å². The van der Waals surface area contributed by atoms with Crippen molar-refractivity contribution in [1.29, 1.82) is 0 Å². The predicted octanol–water partition coefficient (Wildman–Crippen LogP) is 6.48. The average Bonchev–Trinajstić information content (AvgIpc) is 3.15. The molecule has 7 heteroatoms. The van der Waals surface area contributed by atoms with E-state index >= 15 is 0 Å². The first-order valence-electron chi connectivity index (χ1n) is 13.2. The second kappa shape index (κ2) is 11.9. The standard InChI is InChI=1S/C30H45NO5Si/c1-29(2,3)37(7,8)36-18-12-15-30(21-23-13-10-9-11-14-23)16-17-31(28(30)32)22-24-19-25(33-4)27(35-6)26(20-24)34-5/h9-11,13-14,19-20H,12,15-18,21-22H2,1-8H3. The zero-order valence-corrected chi connectivity index (χ0v) is 25.0. The van der Waals surface area contributed by atoms with Crippen molar-refractivity contribution in [2.45, 2.75) is 71.1 Å². The summed E-state index contributed by atoms with van der Waals surface area (Å²) in [6, 6.07) is 14.2. The minimum absolute atomic E-state index is 0.176. The maximum atomic E-state index is 14.0. The summed E-state index contributed by atoms with van der Waals surface area (Å²) >= 11 is 0. The lowest BCUT2D eigenvalue weighted by Gasteiger charge is -2.36. The molecule has 204 valence electrons. The minimum atomic E-state index is -1.82. The molecule has 1 fully saturated rings. The van der Waals surface area contributed by atoms with Gasteiger partial charge in [-0.1, -0.05) is 51.1 Å². The summed E-state index contributed by atoms with van der Waals surface area (Å²) in [5.74, 6) is 1.97. The highest BCUT2D eigenvalue weighted by Gasteiger charge is 2.46. The lowest BCUT2D eigenvalue weighted by molar-refractivity contribution is -0.137. The molecule has 37 heavy (non-hydrogen) atoms. The molecule has 1 atom stereocenters. The molecule has 2 aromatic rings. The SMILES string of the molecule is COc1cc(CN2CCC(CCCO[Si](C)(C)C(C)(C)C)(Cc3ccccc3)C2=O)cc(OC)c1OC. The molecule has 1 saturated heterocycles. The van der Waals surface area contributed by atoms with Gasteiger partial charge in [-0.05, 0) is 67.1 Å². The van der Waals surface area contributed by atoms with Crippen LogP contribution in [0.15, 0.2) is 42.5 Å². The summed E-state index contributed by atoms with van der Waals surface area (Å²) in [6.45, 7) is 13.3. The Balaban J connectivity index is 1.79. The van der Waals surface area contributed by atoms with Crippen molar-refractivity contribution in [3.8, 4) is 17.2 Å².